The third kappa shape index (κ3) is 5.40. The Labute approximate surface area is 258 Å². The van der Waals surface area contributed by atoms with Crippen LogP contribution in [0.2, 0.25) is 0 Å². The zero-order valence-corrected chi connectivity index (χ0v) is 24.1. The molecule has 7 rings (SSSR count). The lowest BCUT2D eigenvalue weighted by molar-refractivity contribution is 0.426. The number of nitrogens with zero attached hydrogens (tertiary/aromatic N) is 1. The van der Waals surface area contributed by atoms with Crippen molar-refractivity contribution in [1.82, 2.24) is 0 Å². The summed E-state index contributed by atoms with van der Waals surface area (Å²) < 4.78 is 0. The number of anilines is 3. The van der Waals surface area contributed by atoms with Crippen LogP contribution in [0.15, 0.2) is 170 Å². The maximum Gasteiger partial charge on any atom is 0.488 e. The third-order valence-corrected chi connectivity index (χ3v) is 8.10. The van der Waals surface area contributed by atoms with Gasteiger partial charge in [0.1, 0.15) is 0 Å². The van der Waals surface area contributed by atoms with E-state index < -0.39 is 7.12 Å². The molecule has 4 heteroatoms. The second kappa shape index (κ2) is 12.1. The Hall–Kier alpha value is -5.42. The molecule has 210 valence electrons. The molecular formula is C40H30BNO2. The van der Waals surface area contributed by atoms with Crippen LogP contribution in [0.3, 0.4) is 0 Å². The van der Waals surface area contributed by atoms with Crippen molar-refractivity contribution in [2.45, 2.75) is 0 Å². The summed E-state index contributed by atoms with van der Waals surface area (Å²) in [5.74, 6) is 0. The van der Waals surface area contributed by atoms with Crippen LogP contribution in [0.1, 0.15) is 0 Å². The highest BCUT2D eigenvalue weighted by Gasteiger charge is 2.17. The average Bonchev–Trinajstić information content (AvgIpc) is 3.09. The Morgan fingerprint density at radius 2 is 0.909 bits per heavy atom. The Morgan fingerprint density at radius 3 is 1.57 bits per heavy atom. The summed E-state index contributed by atoms with van der Waals surface area (Å²) in [4.78, 5) is 2.26. The van der Waals surface area contributed by atoms with Crippen LogP contribution in [0, 0.1) is 0 Å². The molecule has 0 saturated heterocycles. The fourth-order valence-electron chi connectivity index (χ4n) is 5.91. The SMILES string of the molecule is OB(O)c1ccc(-c2ccc(N(c3ccccc3)c3ccc(-c4cccc5ccccc45)cc3)cc2)c(-c2ccccc2)c1. The lowest BCUT2D eigenvalue weighted by atomic mass is 9.77. The number of fused-ring (bicyclic) bond motifs is 1. The predicted octanol–water partition coefficient (Wildman–Crippen LogP) is 8.99. The molecule has 0 spiro atoms. The van der Waals surface area contributed by atoms with E-state index in [4.69, 9.17) is 0 Å². The van der Waals surface area contributed by atoms with Gasteiger partial charge < -0.3 is 14.9 Å². The largest absolute Gasteiger partial charge is 0.488 e. The van der Waals surface area contributed by atoms with E-state index in [1.807, 2.05) is 48.5 Å². The predicted molar refractivity (Wildman–Crippen MR) is 185 cm³/mol. The van der Waals surface area contributed by atoms with Crippen molar-refractivity contribution in [3.05, 3.63) is 170 Å². The minimum atomic E-state index is -1.53. The number of rotatable bonds is 7. The van der Waals surface area contributed by atoms with Crippen molar-refractivity contribution in [2.75, 3.05) is 4.90 Å². The molecule has 0 bridgehead atoms. The van der Waals surface area contributed by atoms with E-state index >= 15 is 0 Å². The molecule has 0 amide bonds. The second-order valence-electron chi connectivity index (χ2n) is 10.8. The normalized spacial score (nSPS) is 11.0. The van der Waals surface area contributed by atoms with Gasteiger partial charge in [0.2, 0.25) is 0 Å². The Bertz CT molecular complexity index is 2020. The third-order valence-electron chi connectivity index (χ3n) is 8.10. The van der Waals surface area contributed by atoms with Gasteiger partial charge in [0.05, 0.1) is 0 Å². The molecule has 7 aromatic rings. The number of hydrogen-bond donors (Lipinski definition) is 2. The molecule has 0 fully saturated rings. The van der Waals surface area contributed by atoms with Crippen LogP contribution in [0.4, 0.5) is 17.1 Å². The molecule has 3 nitrogen and oxygen atoms in total. The first-order valence-corrected chi connectivity index (χ1v) is 14.7. The molecule has 0 aromatic heterocycles. The van der Waals surface area contributed by atoms with Crippen molar-refractivity contribution in [3.8, 4) is 33.4 Å². The van der Waals surface area contributed by atoms with E-state index in [9.17, 15) is 10.0 Å². The molecular weight excluding hydrogens is 537 g/mol. The van der Waals surface area contributed by atoms with Gasteiger partial charge in [-0.15, -0.1) is 0 Å². The lowest BCUT2D eigenvalue weighted by Gasteiger charge is -2.26. The second-order valence-corrected chi connectivity index (χ2v) is 10.8. The molecule has 44 heavy (non-hydrogen) atoms. The highest BCUT2D eigenvalue weighted by Crippen LogP contribution is 2.38. The van der Waals surface area contributed by atoms with Gasteiger partial charge in [-0.05, 0) is 86.0 Å². The van der Waals surface area contributed by atoms with E-state index in [1.54, 1.807) is 6.07 Å². The van der Waals surface area contributed by atoms with Crippen LogP contribution in [-0.2, 0) is 0 Å². The maximum absolute atomic E-state index is 9.85. The van der Waals surface area contributed by atoms with Crippen molar-refractivity contribution < 1.29 is 10.0 Å². The molecule has 0 aliphatic rings. The van der Waals surface area contributed by atoms with Gasteiger partial charge in [-0.3, -0.25) is 0 Å². The zero-order chi connectivity index (χ0) is 29.9. The lowest BCUT2D eigenvalue weighted by Crippen LogP contribution is -2.29. The monoisotopic (exact) mass is 567 g/mol. The number of benzene rings is 7. The standard InChI is InChI=1S/C40H30BNO2/c43-41(44)33-22-27-39(40(28-33)30-10-3-1-4-11-30)32-20-25-36(26-21-32)42(34-14-5-2-6-15-34)35-23-18-31(19-24-35)38-17-9-13-29-12-7-8-16-37(29)38/h1-28,43-44H. The van der Waals surface area contributed by atoms with Gasteiger partial charge in [0.25, 0.3) is 0 Å². The Kier molecular flexibility index (Phi) is 7.52. The topological polar surface area (TPSA) is 43.7 Å². The van der Waals surface area contributed by atoms with Crippen molar-refractivity contribution in [2.24, 2.45) is 0 Å². The number of hydrogen-bond acceptors (Lipinski definition) is 3. The molecule has 0 atom stereocenters. The highest BCUT2D eigenvalue weighted by atomic mass is 16.4. The summed E-state index contributed by atoms with van der Waals surface area (Å²) in [6.45, 7) is 0. The first-order chi connectivity index (χ1) is 21.7. The quantitative estimate of drug-likeness (QED) is 0.189. The number of para-hydroxylation sites is 1. The van der Waals surface area contributed by atoms with Gasteiger partial charge in [-0.25, -0.2) is 0 Å². The summed E-state index contributed by atoms with van der Waals surface area (Å²) in [5, 5.41) is 22.2. The summed E-state index contributed by atoms with van der Waals surface area (Å²) in [6.07, 6.45) is 0. The van der Waals surface area contributed by atoms with E-state index in [1.165, 1.54) is 21.9 Å². The van der Waals surface area contributed by atoms with Crippen LogP contribution in [-0.4, -0.2) is 17.2 Å². The molecule has 0 heterocycles. The van der Waals surface area contributed by atoms with Crippen LogP contribution >= 0.6 is 0 Å². The van der Waals surface area contributed by atoms with E-state index in [0.29, 0.717) is 5.46 Å². The van der Waals surface area contributed by atoms with Gasteiger partial charge >= 0.3 is 7.12 Å². The van der Waals surface area contributed by atoms with Crippen molar-refractivity contribution in [3.63, 3.8) is 0 Å². The van der Waals surface area contributed by atoms with E-state index in [-0.39, 0.29) is 0 Å². The summed E-state index contributed by atoms with van der Waals surface area (Å²) in [7, 11) is -1.53. The molecule has 2 N–H and O–H groups in total. The fourth-order valence-corrected chi connectivity index (χ4v) is 5.91. The van der Waals surface area contributed by atoms with Gasteiger partial charge in [-0.1, -0.05) is 133 Å². The molecule has 7 aromatic carbocycles. The Balaban J connectivity index is 1.27. The van der Waals surface area contributed by atoms with Crippen LogP contribution < -0.4 is 10.4 Å². The minimum Gasteiger partial charge on any atom is -0.423 e. The van der Waals surface area contributed by atoms with Crippen LogP contribution in [0.5, 0.6) is 0 Å². The van der Waals surface area contributed by atoms with Crippen LogP contribution in [0.25, 0.3) is 44.2 Å². The first-order valence-electron chi connectivity index (χ1n) is 14.7. The molecule has 0 aliphatic carbocycles. The summed E-state index contributed by atoms with van der Waals surface area (Å²) >= 11 is 0. The average molecular weight is 567 g/mol. The van der Waals surface area contributed by atoms with E-state index in [0.717, 1.165) is 39.3 Å². The van der Waals surface area contributed by atoms with Crippen molar-refractivity contribution >= 4 is 40.4 Å². The molecule has 0 unspecified atom stereocenters. The summed E-state index contributed by atoms with van der Waals surface area (Å²) in [5.41, 5.74) is 10.1. The van der Waals surface area contributed by atoms with Gasteiger partial charge in [-0.2, -0.15) is 0 Å². The Morgan fingerprint density at radius 1 is 0.386 bits per heavy atom. The van der Waals surface area contributed by atoms with E-state index in [2.05, 4.69) is 120 Å². The molecule has 0 aliphatic heterocycles. The molecule has 0 saturated carbocycles. The van der Waals surface area contributed by atoms with Gasteiger partial charge in [0.15, 0.2) is 0 Å². The summed E-state index contributed by atoms with van der Waals surface area (Å²) in [6, 6.07) is 58.3. The van der Waals surface area contributed by atoms with Gasteiger partial charge in [0, 0.05) is 17.1 Å². The minimum absolute atomic E-state index is 0.464. The smallest absolute Gasteiger partial charge is 0.423 e. The van der Waals surface area contributed by atoms with Crippen molar-refractivity contribution in [1.29, 1.82) is 0 Å². The highest BCUT2D eigenvalue weighted by molar-refractivity contribution is 6.58. The first kappa shape index (κ1) is 27.4. The molecule has 0 radical (unpaired) electrons. The fraction of sp³-hybridized carbons (Fsp3) is 0. The maximum atomic E-state index is 9.85. The zero-order valence-electron chi connectivity index (χ0n) is 24.1.